The molecule has 23 nitrogen and oxygen atoms in total. The summed E-state index contributed by atoms with van der Waals surface area (Å²) in [7, 11) is 7.57. The second-order valence-electron chi connectivity index (χ2n) is 19.1. The van der Waals surface area contributed by atoms with Crippen LogP contribution in [0.1, 0.15) is 86.1 Å². The maximum atomic E-state index is 14.6. The molecular formula is C48H79N7O16. The number of rotatable bonds is 25. The minimum absolute atomic E-state index is 0.0118. The van der Waals surface area contributed by atoms with Gasteiger partial charge in [0.15, 0.2) is 6.10 Å². The number of nitrogens with two attached hydrogens (primary N) is 1. The number of anilines is 1. The van der Waals surface area contributed by atoms with Crippen LogP contribution in [0.5, 0.6) is 5.75 Å². The summed E-state index contributed by atoms with van der Waals surface area (Å²) in [5.41, 5.74) is 5.84. The number of nitrogens with zero attached hydrogens (tertiary/aromatic N) is 3. The lowest BCUT2D eigenvalue weighted by atomic mass is 9.89. The molecule has 9 N–H and O–H groups in total. The third kappa shape index (κ3) is 15.2. The Bertz CT molecular complexity index is 1980. The van der Waals surface area contributed by atoms with Crippen LogP contribution >= 0.6 is 0 Å². The highest BCUT2D eigenvalue weighted by molar-refractivity contribution is 5.93. The second-order valence-corrected chi connectivity index (χ2v) is 19.1. The molecule has 2 aliphatic heterocycles. The number of hydrogen-bond acceptors (Lipinski definition) is 16. The van der Waals surface area contributed by atoms with Crippen LogP contribution in [-0.4, -0.2) is 192 Å². The van der Waals surface area contributed by atoms with Crippen molar-refractivity contribution in [1.82, 2.24) is 25.3 Å². The van der Waals surface area contributed by atoms with Crippen LogP contribution in [0.3, 0.4) is 0 Å². The molecule has 1 aromatic carbocycles. The largest absolute Gasteiger partial charge is 0.479 e. The van der Waals surface area contributed by atoms with Crippen LogP contribution in [-0.2, 0) is 54.3 Å². The number of methoxy groups -OCH3 is 2. The van der Waals surface area contributed by atoms with E-state index in [0.717, 1.165) is 11.3 Å². The Morgan fingerprint density at radius 3 is 2.13 bits per heavy atom. The van der Waals surface area contributed by atoms with Crippen molar-refractivity contribution in [3.63, 3.8) is 0 Å². The van der Waals surface area contributed by atoms with Gasteiger partial charge in [-0.2, -0.15) is 0 Å². The number of likely N-dealkylation sites (tertiary alicyclic amines) is 1. The lowest BCUT2D eigenvalue weighted by molar-refractivity contribution is -0.271. The first-order valence-electron chi connectivity index (χ1n) is 24.2. The van der Waals surface area contributed by atoms with Crippen LogP contribution in [0.25, 0.3) is 0 Å². The van der Waals surface area contributed by atoms with E-state index in [1.54, 1.807) is 53.6 Å². The predicted octanol–water partition coefficient (Wildman–Crippen LogP) is 0.645. The van der Waals surface area contributed by atoms with Crippen LogP contribution in [0.4, 0.5) is 10.5 Å². The summed E-state index contributed by atoms with van der Waals surface area (Å²) in [4.78, 5) is 97.9. The minimum Gasteiger partial charge on any atom is -0.479 e. The van der Waals surface area contributed by atoms with Crippen LogP contribution < -0.4 is 26.4 Å². The van der Waals surface area contributed by atoms with Gasteiger partial charge in [0.2, 0.25) is 35.8 Å². The highest BCUT2D eigenvalue weighted by Crippen LogP contribution is 2.33. The number of benzene rings is 1. The standard InChI is InChI=1S/C48H79N7O16/c1-13-26(6)37(32(67-11)22-34(57)55-20-14-15-30(55)41(68-12)27(7)43(61)50-8)53(9)45(63)35(24(2)3)52-44(62)36(25(4)5)54(10)48(66)69-23-28-16-17-31(29(21-28)51-33(56)18-19-49)70-47-40(60)38(58)39(59)42(71-47)46(64)65/h16-17,21,24-27,30,32,35-42,47,58-60H,13-15,18-20,22-23,49H2,1-12H3,(H,50,61)(H,51,56)(H,52,62)(H,64,65)/t26?,27-,30+,32-,35+,36?,37?,38?,39+,40-,41-,42?,47?/m1/s1. The van der Waals surface area contributed by atoms with Crippen LogP contribution in [0.2, 0.25) is 0 Å². The molecule has 3 rings (SSSR count). The predicted molar refractivity (Wildman–Crippen MR) is 257 cm³/mol. The Morgan fingerprint density at radius 2 is 1.58 bits per heavy atom. The van der Waals surface area contributed by atoms with Crippen molar-refractivity contribution in [3.8, 4) is 5.75 Å². The SMILES string of the molecule is CCC(C)C([C@@H](CC(=O)N1CCC[C@H]1[C@H](OC)[C@@H](C)C(=O)NC)OC)N(C)C(=O)[C@@H](NC(=O)C(C(C)C)N(C)C(=O)OCc1ccc(OC2OC(C(=O)O)[C@@H](O)C(O)[C@H]2O)c(NC(=O)CCN)c1)C(C)C. The highest BCUT2D eigenvalue weighted by Gasteiger charge is 2.49. The van der Waals surface area contributed by atoms with Crippen molar-refractivity contribution in [2.75, 3.05) is 53.8 Å². The molecule has 0 aliphatic carbocycles. The number of amides is 6. The van der Waals surface area contributed by atoms with Crippen LogP contribution in [0, 0.1) is 23.7 Å². The quantitative estimate of drug-likeness (QED) is 0.0667. The van der Waals surface area contributed by atoms with Gasteiger partial charge in [0.1, 0.15) is 42.8 Å². The van der Waals surface area contributed by atoms with Gasteiger partial charge in [0, 0.05) is 54.9 Å². The summed E-state index contributed by atoms with van der Waals surface area (Å²) in [6.45, 7) is 12.8. The van der Waals surface area contributed by atoms with Crippen molar-refractivity contribution in [1.29, 1.82) is 0 Å². The Morgan fingerprint density at radius 1 is 0.915 bits per heavy atom. The summed E-state index contributed by atoms with van der Waals surface area (Å²) in [6.07, 6.45) is -9.89. The number of aliphatic hydroxyl groups excluding tert-OH is 3. The Labute approximate surface area is 416 Å². The topological polar surface area (TPSA) is 318 Å². The van der Waals surface area contributed by atoms with Gasteiger partial charge in [-0.15, -0.1) is 0 Å². The first-order chi connectivity index (χ1) is 33.4. The molecule has 6 unspecified atom stereocenters. The first kappa shape index (κ1) is 60.1. The van der Waals surface area contributed by atoms with Gasteiger partial charge >= 0.3 is 12.1 Å². The fourth-order valence-electron chi connectivity index (χ4n) is 9.28. The molecule has 2 aliphatic rings. The number of carboxylic acids is 1. The zero-order chi connectivity index (χ0) is 53.6. The number of aliphatic hydroxyl groups is 3. The molecule has 1 aromatic rings. The number of ether oxygens (including phenoxy) is 5. The van der Waals surface area contributed by atoms with E-state index in [0.29, 0.717) is 24.9 Å². The number of nitrogens with one attached hydrogen (secondary N) is 3. The molecule has 0 saturated carbocycles. The molecule has 0 radical (unpaired) electrons. The molecule has 0 bridgehead atoms. The van der Waals surface area contributed by atoms with Crippen molar-refractivity contribution in [3.05, 3.63) is 23.8 Å². The number of carbonyl (C=O) groups is 7. The highest BCUT2D eigenvalue weighted by atomic mass is 16.7. The zero-order valence-electron chi connectivity index (χ0n) is 43.2. The van der Waals surface area contributed by atoms with E-state index in [9.17, 15) is 54.0 Å². The van der Waals surface area contributed by atoms with Crippen molar-refractivity contribution in [2.45, 2.75) is 154 Å². The second kappa shape index (κ2) is 27.6. The fraction of sp³-hybridized carbons (Fsp3) is 0.729. The first-order valence-corrected chi connectivity index (χ1v) is 24.2. The fourth-order valence-corrected chi connectivity index (χ4v) is 9.28. The zero-order valence-corrected chi connectivity index (χ0v) is 43.2. The van der Waals surface area contributed by atoms with Gasteiger partial charge < -0.3 is 75.6 Å². The molecule has 2 saturated heterocycles. The molecule has 0 aromatic heterocycles. The van der Waals surface area contributed by atoms with Gasteiger partial charge in [-0.05, 0) is 48.3 Å². The van der Waals surface area contributed by atoms with E-state index in [1.807, 2.05) is 13.8 Å². The summed E-state index contributed by atoms with van der Waals surface area (Å²) >= 11 is 0. The number of aliphatic carboxylic acids is 1. The minimum atomic E-state index is -1.96. The van der Waals surface area contributed by atoms with Crippen molar-refractivity contribution in [2.24, 2.45) is 29.4 Å². The van der Waals surface area contributed by atoms with E-state index in [4.69, 9.17) is 29.4 Å². The maximum Gasteiger partial charge on any atom is 0.410 e. The maximum absolute atomic E-state index is 14.6. The smallest absolute Gasteiger partial charge is 0.410 e. The molecule has 71 heavy (non-hydrogen) atoms. The molecule has 402 valence electrons. The van der Waals surface area contributed by atoms with E-state index in [2.05, 4.69) is 16.0 Å². The Balaban J connectivity index is 1.80. The average Bonchev–Trinajstić information content (AvgIpc) is 3.81. The number of hydrogen-bond donors (Lipinski definition) is 8. The molecule has 23 heteroatoms. The third-order valence-corrected chi connectivity index (χ3v) is 13.4. The Hall–Kier alpha value is -5.17. The molecule has 13 atom stereocenters. The van der Waals surface area contributed by atoms with E-state index in [1.165, 1.54) is 44.4 Å². The van der Waals surface area contributed by atoms with E-state index in [-0.39, 0.29) is 61.2 Å². The van der Waals surface area contributed by atoms with Gasteiger partial charge in [-0.25, -0.2) is 9.59 Å². The number of carbonyl (C=O) groups excluding carboxylic acids is 6. The average molecular weight is 1010 g/mol. The molecule has 2 fully saturated rings. The van der Waals surface area contributed by atoms with Crippen LogP contribution in [0.15, 0.2) is 18.2 Å². The lowest BCUT2D eigenvalue weighted by Crippen LogP contribution is -2.61. The van der Waals surface area contributed by atoms with E-state index >= 15 is 0 Å². The summed E-state index contributed by atoms with van der Waals surface area (Å²) in [5.74, 6) is -5.33. The summed E-state index contributed by atoms with van der Waals surface area (Å²) < 4.78 is 28.3. The number of likely N-dealkylation sites (N-methyl/N-ethyl adjacent to an activating group) is 2. The molecule has 6 amide bonds. The van der Waals surface area contributed by atoms with Gasteiger partial charge in [0.05, 0.1) is 42.3 Å². The lowest BCUT2D eigenvalue weighted by Gasteiger charge is -2.41. The monoisotopic (exact) mass is 1010 g/mol. The Kier molecular flexibility index (Phi) is 23.4. The van der Waals surface area contributed by atoms with Gasteiger partial charge in [0.25, 0.3) is 0 Å². The molecule has 0 spiro atoms. The summed E-state index contributed by atoms with van der Waals surface area (Å²) in [5, 5.41) is 48.5. The molecule has 2 heterocycles. The van der Waals surface area contributed by atoms with Crippen molar-refractivity contribution >= 4 is 47.3 Å². The van der Waals surface area contributed by atoms with Gasteiger partial charge in [-0.1, -0.05) is 61.0 Å². The van der Waals surface area contributed by atoms with Gasteiger partial charge in [-0.3, -0.25) is 28.9 Å². The third-order valence-electron chi connectivity index (χ3n) is 13.4. The van der Waals surface area contributed by atoms with E-state index < -0.39 is 109 Å². The number of carboxylic acid groups (broad SMARTS) is 1. The van der Waals surface area contributed by atoms with Crippen molar-refractivity contribution < 1.29 is 77.7 Å². The summed E-state index contributed by atoms with van der Waals surface area (Å²) in [6, 6.07) is 0.998. The molecular weight excluding hydrogens is 931 g/mol. The normalized spacial score (nSPS) is 23.1.